The van der Waals surface area contributed by atoms with Crippen LogP contribution >= 0.6 is 11.3 Å². The lowest BCUT2D eigenvalue weighted by Crippen LogP contribution is -2.38. The fraction of sp³-hybridized carbons (Fsp3) is 0.440. The maximum absolute atomic E-state index is 2.67. The molecule has 0 radical (unpaired) electrons. The summed E-state index contributed by atoms with van der Waals surface area (Å²) >= 11 is 2.09. The van der Waals surface area contributed by atoms with E-state index in [0.29, 0.717) is 5.92 Å². The van der Waals surface area contributed by atoms with Crippen molar-refractivity contribution in [3.63, 3.8) is 0 Å². The first-order chi connectivity index (χ1) is 13.5. The number of piperidine rings is 1. The second-order valence-corrected chi connectivity index (χ2v) is 15.9. The van der Waals surface area contributed by atoms with Gasteiger partial charge in [-0.2, -0.15) is 0 Å². The van der Waals surface area contributed by atoms with Crippen molar-refractivity contribution in [3.05, 3.63) is 65.7 Å². The number of fused-ring (bicyclic) bond motifs is 1. The zero-order valence-electron chi connectivity index (χ0n) is 17.7. The Hall–Kier alpha value is -1.42. The zero-order valence-corrected chi connectivity index (χ0v) is 19.6. The van der Waals surface area contributed by atoms with Crippen LogP contribution in [0.15, 0.2) is 54.6 Å². The number of hydrogen-bond donors (Lipinski definition) is 0. The van der Waals surface area contributed by atoms with Crippen LogP contribution in [-0.2, 0) is 6.54 Å². The summed E-state index contributed by atoms with van der Waals surface area (Å²) in [7, 11) is -1.26. The van der Waals surface area contributed by atoms with Crippen molar-refractivity contribution in [1.82, 2.24) is 4.90 Å². The molecule has 148 valence electrons. The number of rotatable bonds is 5. The second kappa shape index (κ2) is 8.14. The molecule has 0 bridgehead atoms. The van der Waals surface area contributed by atoms with Gasteiger partial charge in [0.1, 0.15) is 0 Å². The molecular formula is C25H33NSSi. The predicted molar refractivity (Wildman–Crippen MR) is 128 cm³/mol. The van der Waals surface area contributed by atoms with Gasteiger partial charge in [-0.3, -0.25) is 4.90 Å². The van der Waals surface area contributed by atoms with Crippen molar-refractivity contribution in [3.8, 4) is 0 Å². The molecular weight excluding hydrogens is 374 g/mol. The third-order valence-electron chi connectivity index (χ3n) is 6.30. The Morgan fingerprint density at radius 3 is 2.54 bits per heavy atom. The van der Waals surface area contributed by atoms with Crippen LogP contribution in [0.3, 0.4) is 0 Å². The molecule has 0 aliphatic carbocycles. The van der Waals surface area contributed by atoms with Gasteiger partial charge in [-0.1, -0.05) is 81.5 Å². The van der Waals surface area contributed by atoms with Crippen LogP contribution in [-0.4, -0.2) is 26.1 Å². The first-order valence-corrected chi connectivity index (χ1v) is 15.1. The van der Waals surface area contributed by atoms with Gasteiger partial charge in [0.15, 0.2) is 0 Å². The van der Waals surface area contributed by atoms with E-state index in [0.717, 1.165) is 12.5 Å². The molecule has 1 aliphatic rings. The maximum Gasteiger partial charge on any atom is 0.0904 e. The first kappa shape index (κ1) is 19.9. The molecule has 1 aliphatic heterocycles. The van der Waals surface area contributed by atoms with Gasteiger partial charge in [-0.15, -0.1) is 11.3 Å². The topological polar surface area (TPSA) is 3.24 Å². The van der Waals surface area contributed by atoms with E-state index in [1.165, 1.54) is 36.9 Å². The smallest absolute Gasteiger partial charge is 0.0904 e. The molecule has 28 heavy (non-hydrogen) atoms. The zero-order chi connectivity index (χ0) is 19.7. The number of likely N-dealkylation sites (tertiary alicyclic amines) is 1. The van der Waals surface area contributed by atoms with Gasteiger partial charge in [-0.25, -0.2) is 0 Å². The Balaban J connectivity index is 1.58. The van der Waals surface area contributed by atoms with Gasteiger partial charge in [0, 0.05) is 17.8 Å². The van der Waals surface area contributed by atoms with Crippen LogP contribution in [0.25, 0.3) is 10.1 Å². The van der Waals surface area contributed by atoms with Crippen LogP contribution in [0.2, 0.25) is 19.6 Å². The minimum Gasteiger partial charge on any atom is -0.299 e. The van der Waals surface area contributed by atoms with E-state index in [9.17, 15) is 0 Å². The number of thiophene rings is 1. The van der Waals surface area contributed by atoms with Crippen LogP contribution < -0.4 is 4.50 Å². The molecule has 0 N–H and O–H groups in total. The third kappa shape index (κ3) is 4.12. The fourth-order valence-electron chi connectivity index (χ4n) is 4.66. The standard InChI is InChI=1S/C25H33NSSi/c1-5-20-18-26(17-19-10-7-6-8-11-19)15-14-22(20)23-13-9-12-21-16-24(27-25(21)23)28(2,3)4/h6-13,16,20,22H,5,14-15,17-18H2,1-4H3. The van der Waals surface area contributed by atoms with Gasteiger partial charge in [0.2, 0.25) is 0 Å². The summed E-state index contributed by atoms with van der Waals surface area (Å²) in [6, 6.07) is 20.5. The minimum absolute atomic E-state index is 0.703. The average Bonchev–Trinajstić information content (AvgIpc) is 3.14. The van der Waals surface area contributed by atoms with E-state index in [-0.39, 0.29) is 0 Å². The Morgan fingerprint density at radius 2 is 1.82 bits per heavy atom. The number of hydrogen-bond acceptors (Lipinski definition) is 2. The Morgan fingerprint density at radius 1 is 1.04 bits per heavy atom. The highest BCUT2D eigenvalue weighted by atomic mass is 32.1. The summed E-state index contributed by atoms with van der Waals surface area (Å²) < 4.78 is 3.21. The van der Waals surface area contributed by atoms with E-state index in [1.54, 1.807) is 14.8 Å². The van der Waals surface area contributed by atoms with Gasteiger partial charge in [0.25, 0.3) is 0 Å². The Kier molecular flexibility index (Phi) is 5.77. The van der Waals surface area contributed by atoms with Crippen LogP contribution in [0.1, 0.15) is 36.8 Å². The first-order valence-electron chi connectivity index (χ1n) is 10.7. The summed E-state index contributed by atoms with van der Waals surface area (Å²) in [4.78, 5) is 2.67. The largest absolute Gasteiger partial charge is 0.299 e. The predicted octanol–water partition coefficient (Wildman–Crippen LogP) is 6.46. The molecule has 3 aromatic rings. The van der Waals surface area contributed by atoms with Crippen LogP contribution in [0.5, 0.6) is 0 Å². The molecule has 2 atom stereocenters. The number of nitrogens with zero attached hydrogens (tertiary/aromatic N) is 1. The summed E-state index contributed by atoms with van der Waals surface area (Å²) in [6.07, 6.45) is 2.54. The lowest BCUT2D eigenvalue weighted by molar-refractivity contribution is 0.144. The molecule has 0 amide bonds. The summed E-state index contributed by atoms with van der Waals surface area (Å²) in [5, 5.41) is 1.47. The SMILES string of the molecule is CCC1CN(Cc2ccccc2)CCC1c1cccc2cc([Si](C)(C)C)sc12. The Labute approximate surface area is 175 Å². The van der Waals surface area contributed by atoms with E-state index in [2.05, 4.69) is 97.4 Å². The van der Waals surface area contributed by atoms with E-state index < -0.39 is 8.07 Å². The fourth-order valence-corrected chi connectivity index (χ4v) is 7.77. The van der Waals surface area contributed by atoms with Gasteiger partial charge < -0.3 is 0 Å². The maximum atomic E-state index is 2.67. The molecule has 1 aromatic heterocycles. The highest BCUT2D eigenvalue weighted by Gasteiger charge is 2.31. The Bertz CT molecular complexity index is 925. The number of benzene rings is 2. The molecule has 2 heterocycles. The molecule has 2 aromatic carbocycles. The van der Waals surface area contributed by atoms with Crippen molar-refractivity contribution >= 4 is 34.0 Å². The molecule has 0 spiro atoms. The molecule has 1 fully saturated rings. The van der Waals surface area contributed by atoms with Crippen molar-refractivity contribution in [1.29, 1.82) is 0 Å². The normalized spacial score (nSPS) is 21.3. The van der Waals surface area contributed by atoms with Gasteiger partial charge >= 0.3 is 0 Å². The average molecular weight is 408 g/mol. The molecule has 3 heteroatoms. The van der Waals surface area contributed by atoms with Crippen molar-refractivity contribution in [2.75, 3.05) is 13.1 Å². The van der Waals surface area contributed by atoms with Crippen molar-refractivity contribution in [2.45, 2.75) is 51.9 Å². The monoisotopic (exact) mass is 407 g/mol. The highest BCUT2D eigenvalue weighted by Crippen LogP contribution is 2.40. The highest BCUT2D eigenvalue weighted by molar-refractivity contribution is 7.31. The summed E-state index contributed by atoms with van der Waals surface area (Å²) in [5.41, 5.74) is 3.06. The van der Waals surface area contributed by atoms with E-state index in [1.807, 2.05) is 0 Å². The molecule has 0 saturated carbocycles. The lowest BCUT2D eigenvalue weighted by Gasteiger charge is -2.39. The van der Waals surface area contributed by atoms with Gasteiger partial charge in [-0.05, 0) is 51.9 Å². The van der Waals surface area contributed by atoms with Crippen molar-refractivity contribution in [2.24, 2.45) is 5.92 Å². The molecule has 1 saturated heterocycles. The van der Waals surface area contributed by atoms with Gasteiger partial charge in [0.05, 0.1) is 8.07 Å². The van der Waals surface area contributed by atoms with Crippen molar-refractivity contribution < 1.29 is 0 Å². The molecule has 1 nitrogen and oxygen atoms in total. The van der Waals surface area contributed by atoms with E-state index >= 15 is 0 Å². The summed E-state index contributed by atoms with van der Waals surface area (Å²) in [6.45, 7) is 13.3. The minimum atomic E-state index is -1.26. The quantitative estimate of drug-likeness (QED) is 0.439. The third-order valence-corrected chi connectivity index (χ3v) is 11.1. The van der Waals surface area contributed by atoms with E-state index in [4.69, 9.17) is 0 Å². The second-order valence-electron chi connectivity index (χ2n) is 9.41. The summed E-state index contributed by atoms with van der Waals surface area (Å²) in [5.74, 6) is 1.45. The molecule has 2 unspecified atom stereocenters. The lowest BCUT2D eigenvalue weighted by atomic mass is 9.78. The van der Waals surface area contributed by atoms with Crippen LogP contribution in [0, 0.1) is 5.92 Å². The molecule has 4 rings (SSSR count). The van der Waals surface area contributed by atoms with Crippen LogP contribution in [0.4, 0.5) is 0 Å².